The van der Waals surface area contributed by atoms with Gasteiger partial charge in [0.25, 0.3) is 0 Å². The Bertz CT molecular complexity index is 239. The summed E-state index contributed by atoms with van der Waals surface area (Å²) in [4.78, 5) is 3.78. The van der Waals surface area contributed by atoms with Crippen LogP contribution in [0.3, 0.4) is 0 Å². The molecule has 0 spiro atoms. The average molecular weight is 155 g/mol. The molecule has 0 amide bonds. The Labute approximate surface area is 64.2 Å². The van der Waals surface area contributed by atoms with E-state index in [4.69, 9.17) is 11.5 Å². The van der Waals surface area contributed by atoms with Crippen LogP contribution in [0.5, 0.6) is 0 Å². The molecule has 0 fully saturated rings. The molecule has 1 aromatic rings. The van der Waals surface area contributed by atoms with E-state index in [9.17, 15) is 4.39 Å². The van der Waals surface area contributed by atoms with Crippen LogP contribution < -0.4 is 11.5 Å². The second-order valence-corrected chi connectivity index (χ2v) is 2.24. The highest BCUT2D eigenvalue weighted by Gasteiger charge is 2.08. The lowest BCUT2D eigenvalue weighted by molar-refractivity contribution is 0.437. The Kier molecular flexibility index (Phi) is 2.38. The van der Waals surface area contributed by atoms with Gasteiger partial charge in [-0.25, -0.2) is 9.37 Å². The lowest BCUT2D eigenvalue weighted by Gasteiger charge is -2.08. The fourth-order valence-electron chi connectivity index (χ4n) is 0.827. The van der Waals surface area contributed by atoms with Crippen LogP contribution in [-0.4, -0.2) is 11.7 Å². The van der Waals surface area contributed by atoms with Gasteiger partial charge in [-0.05, 0) is 6.07 Å². The molecule has 0 aliphatic rings. The monoisotopic (exact) mass is 155 g/mol. The van der Waals surface area contributed by atoms with Crippen molar-refractivity contribution in [3.8, 4) is 0 Å². The molecular formula is C7H10FN3. The van der Waals surface area contributed by atoms with Crippen LogP contribution in [0.2, 0.25) is 0 Å². The van der Waals surface area contributed by atoms with Crippen LogP contribution in [0.1, 0.15) is 11.6 Å². The van der Waals surface area contributed by atoms with Gasteiger partial charge in [0.2, 0.25) is 0 Å². The average Bonchev–Trinajstić information content (AvgIpc) is 2.04. The first-order chi connectivity index (χ1) is 5.25. The van der Waals surface area contributed by atoms with Crippen molar-refractivity contribution in [1.29, 1.82) is 0 Å². The van der Waals surface area contributed by atoms with Crippen molar-refractivity contribution < 1.29 is 4.39 Å². The van der Waals surface area contributed by atoms with Crippen molar-refractivity contribution in [2.24, 2.45) is 5.73 Å². The Morgan fingerprint density at radius 1 is 1.64 bits per heavy atom. The first-order valence-corrected chi connectivity index (χ1v) is 3.27. The van der Waals surface area contributed by atoms with Crippen molar-refractivity contribution >= 4 is 5.82 Å². The van der Waals surface area contributed by atoms with Gasteiger partial charge < -0.3 is 11.5 Å². The summed E-state index contributed by atoms with van der Waals surface area (Å²) in [7, 11) is 0. The molecule has 0 saturated carbocycles. The fourth-order valence-corrected chi connectivity index (χ4v) is 0.827. The van der Waals surface area contributed by atoms with E-state index >= 15 is 0 Å². The third-order valence-electron chi connectivity index (χ3n) is 1.44. The lowest BCUT2D eigenvalue weighted by atomic mass is 10.1. The van der Waals surface area contributed by atoms with Gasteiger partial charge in [0.1, 0.15) is 12.5 Å². The number of aromatic nitrogens is 1. The predicted molar refractivity (Wildman–Crippen MR) is 41.6 cm³/mol. The zero-order chi connectivity index (χ0) is 8.27. The zero-order valence-corrected chi connectivity index (χ0v) is 6.00. The Morgan fingerprint density at radius 3 is 2.91 bits per heavy atom. The molecule has 4 heteroatoms. The third kappa shape index (κ3) is 1.65. The number of alkyl halides is 1. The molecule has 11 heavy (non-hydrogen) atoms. The van der Waals surface area contributed by atoms with E-state index in [2.05, 4.69) is 4.98 Å². The molecule has 0 radical (unpaired) electrons. The molecule has 4 N–H and O–H groups in total. The first-order valence-electron chi connectivity index (χ1n) is 3.27. The first kappa shape index (κ1) is 7.94. The maximum Gasteiger partial charge on any atom is 0.128 e. The Balaban J connectivity index is 2.93. The normalized spacial score (nSPS) is 12.9. The van der Waals surface area contributed by atoms with E-state index in [1.54, 1.807) is 18.3 Å². The summed E-state index contributed by atoms with van der Waals surface area (Å²) in [5.74, 6) is 0.303. The van der Waals surface area contributed by atoms with Crippen LogP contribution in [-0.2, 0) is 0 Å². The van der Waals surface area contributed by atoms with E-state index in [0.29, 0.717) is 11.4 Å². The van der Waals surface area contributed by atoms with Gasteiger partial charge in [0, 0.05) is 11.8 Å². The lowest BCUT2D eigenvalue weighted by Crippen LogP contribution is -2.14. The van der Waals surface area contributed by atoms with Gasteiger partial charge in [0.15, 0.2) is 0 Å². The molecule has 1 rings (SSSR count). The Morgan fingerprint density at radius 2 is 2.36 bits per heavy atom. The highest BCUT2D eigenvalue weighted by molar-refractivity contribution is 5.40. The van der Waals surface area contributed by atoms with Gasteiger partial charge in [-0.15, -0.1) is 0 Å². The standard InChI is InChI=1S/C7H10FN3/c8-4-6(9)5-2-1-3-11-7(5)10/h1-3,6H,4,9H2,(H2,10,11)/t6-/m0/s1. The summed E-state index contributed by atoms with van der Waals surface area (Å²) in [6.07, 6.45) is 1.55. The van der Waals surface area contributed by atoms with Gasteiger partial charge >= 0.3 is 0 Å². The number of halogens is 1. The molecule has 0 aliphatic heterocycles. The summed E-state index contributed by atoms with van der Waals surface area (Å²) >= 11 is 0. The SMILES string of the molecule is Nc1ncccc1[C@@H](N)CF. The number of hydrogen-bond donors (Lipinski definition) is 2. The molecular weight excluding hydrogens is 145 g/mol. The van der Waals surface area contributed by atoms with Crippen molar-refractivity contribution in [1.82, 2.24) is 4.98 Å². The number of nitrogens with two attached hydrogens (primary N) is 2. The largest absolute Gasteiger partial charge is 0.383 e. The van der Waals surface area contributed by atoms with E-state index in [1.807, 2.05) is 0 Å². The zero-order valence-electron chi connectivity index (χ0n) is 6.00. The quantitative estimate of drug-likeness (QED) is 0.658. The van der Waals surface area contributed by atoms with Crippen molar-refractivity contribution in [3.05, 3.63) is 23.9 Å². The minimum atomic E-state index is -0.649. The van der Waals surface area contributed by atoms with Crippen molar-refractivity contribution in [3.63, 3.8) is 0 Å². The van der Waals surface area contributed by atoms with Crippen molar-refractivity contribution in [2.75, 3.05) is 12.4 Å². The van der Waals surface area contributed by atoms with Crippen LogP contribution >= 0.6 is 0 Å². The fraction of sp³-hybridized carbons (Fsp3) is 0.286. The van der Waals surface area contributed by atoms with Gasteiger partial charge in [0.05, 0.1) is 6.04 Å². The molecule has 0 aromatic carbocycles. The van der Waals surface area contributed by atoms with Crippen LogP contribution in [0, 0.1) is 0 Å². The molecule has 1 aromatic heterocycles. The molecule has 0 saturated heterocycles. The summed E-state index contributed by atoms with van der Waals surface area (Å²) in [5, 5.41) is 0. The molecule has 0 unspecified atom stereocenters. The van der Waals surface area contributed by atoms with E-state index in [1.165, 1.54) is 0 Å². The summed E-state index contributed by atoms with van der Waals surface area (Å²) in [5.41, 5.74) is 11.4. The van der Waals surface area contributed by atoms with Crippen LogP contribution in [0.4, 0.5) is 10.2 Å². The smallest absolute Gasteiger partial charge is 0.128 e. The molecule has 0 aliphatic carbocycles. The summed E-state index contributed by atoms with van der Waals surface area (Å²) in [6.45, 7) is -0.615. The number of pyridine rings is 1. The maximum atomic E-state index is 12.0. The van der Waals surface area contributed by atoms with Gasteiger partial charge in [-0.2, -0.15) is 0 Å². The molecule has 1 heterocycles. The Hall–Kier alpha value is -1.16. The van der Waals surface area contributed by atoms with Crippen LogP contribution in [0.25, 0.3) is 0 Å². The highest BCUT2D eigenvalue weighted by atomic mass is 19.1. The predicted octanol–water partition coefficient (Wildman–Crippen LogP) is 0.633. The number of hydrogen-bond acceptors (Lipinski definition) is 3. The number of nitrogens with zero attached hydrogens (tertiary/aromatic N) is 1. The summed E-state index contributed by atoms with van der Waals surface area (Å²) < 4.78 is 12.0. The second kappa shape index (κ2) is 3.30. The van der Waals surface area contributed by atoms with Crippen LogP contribution in [0.15, 0.2) is 18.3 Å². The van der Waals surface area contributed by atoms with E-state index in [0.717, 1.165) is 0 Å². The van der Waals surface area contributed by atoms with E-state index < -0.39 is 12.7 Å². The van der Waals surface area contributed by atoms with Gasteiger partial charge in [-0.1, -0.05) is 6.07 Å². The maximum absolute atomic E-state index is 12.0. The molecule has 3 nitrogen and oxygen atoms in total. The number of rotatable bonds is 2. The highest BCUT2D eigenvalue weighted by Crippen LogP contribution is 2.15. The summed E-state index contributed by atoms with van der Waals surface area (Å²) in [6, 6.07) is 2.71. The number of nitrogen functional groups attached to an aromatic ring is 1. The molecule has 1 atom stereocenters. The minimum absolute atomic E-state index is 0.303. The topological polar surface area (TPSA) is 64.9 Å². The molecule has 60 valence electrons. The molecule has 0 bridgehead atoms. The van der Waals surface area contributed by atoms with Gasteiger partial charge in [-0.3, -0.25) is 0 Å². The van der Waals surface area contributed by atoms with Crippen molar-refractivity contribution in [2.45, 2.75) is 6.04 Å². The van der Waals surface area contributed by atoms with E-state index in [-0.39, 0.29) is 0 Å². The number of anilines is 1. The second-order valence-electron chi connectivity index (χ2n) is 2.24. The minimum Gasteiger partial charge on any atom is -0.383 e. The third-order valence-corrected chi connectivity index (χ3v) is 1.44.